The zero-order valence-corrected chi connectivity index (χ0v) is 44.4. The van der Waals surface area contributed by atoms with Crippen molar-refractivity contribution in [2.24, 2.45) is 0 Å². The van der Waals surface area contributed by atoms with Crippen LogP contribution in [-0.2, 0) is 10.8 Å². The molecule has 0 atom stereocenters. The Morgan fingerprint density at radius 3 is 1.83 bits per heavy atom. The van der Waals surface area contributed by atoms with Gasteiger partial charge in [-0.05, 0) is 106 Å². The maximum Gasteiger partial charge on any atom is 0.264 e. The van der Waals surface area contributed by atoms with Gasteiger partial charge in [0.1, 0.15) is 5.58 Å². The second-order valence-electron chi connectivity index (χ2n) is 24.0. The smallest absolute Gasteiger partial charge is 0.264 e. The van der Waals surface area contributed by atoms with Gasteiger partial charge in [-0.2, -0.15) is 0 Å². The molecule has 364 valence electrons. The molecule has 0 unspecified atom stereocenters. The van der Waals surface area contributed by atoms with Gasteiger partial charge in [0, 0.05) is 91.3 Å². The van der Waals surface area contributed by atoms with Gasteiger partial charge in [-0.25, -0.2) is 0 Å². The van der Waals surface area contributed by atoms with E-state index in [0.717, 1.165) is 44.3 Å². The van der Waals surface area contributed by atoms with Gasteiger partial charge in [-0.15, -0.1) is 11.3 Å². The standard InChI is InChI=1S/C70H49BN4OS/c1-69(2,3)38-26-29-40(30-27-38)72-56-35-41(73-53-22-11-7-16-42(53)46-31-32-47-44-18-10-14-25-58(44)76-67(47)65(46)73)36-57-61(56)71(68-66(72)51-34-39(70(4,5)6)28-33-59(51)77-68)52-21-15-20-45-50-37-49-43-17-8-12-23-54(43)74-55-24-13-9-19-48(55)60(63(49)74)64(50)75(57)62(45)52/h7-37H,1-6H3. The molecule has 0 saturated carbocycles. The highest BCUT2D eigenvalue weighted by Gasteiger charge is 2.45. The Hall–Kier alpha value is -8.78. The zero-order chi connectivity index (χ0) is 51.1. The van der Waals surface area contributed by atoms with E-state index in [9.17, 15) is 0 Å². The molecule has 0 N–H and O–H groups in total. The van der Waals surface area contributed by atoms with Gasteiger partial charge < -0.3 is 22.9 Å². The van der Waals surface area contributed by atoms with Crippen molar-refractivity contribution < 1.29 is 4.42 Å². The average Bonchev–Trinajstić information content (AvgIpc) is 4.43. The van der Waals surface area contributed by atoms with Crippen LogP contribution >= 0.6 is 11.3 Å². The fourth-order valence-corrected chi connectivity index (χ4v) is 15.7. The van der Waals surface area contributed by atoms with Gasteiger partial charge in [-0.3, -0.25) is 0 Å². The molecule has 0 radical (unpaired) electrons. The number of aromatic nitrogens is 3. The third-order valence-corrected chi connectivity index (χ3v) is 19.0. The maximum absolute atomic E-state index is 7.04. The van der Waals surface area contributed by atoms with Crippen LogP contribution < -0.4 is 20.6 Å². The summed E-state index contributed by atoms with van der Waals surface area (Å²) in [6.07, 6.45) is 0. The molecular weight excluding hydrogens is 956 g/mol. The van der Waals surface area contributed by atoms with E-state index < -0.39 is 0 Å². The molecule has 0 bridgehead atoms. The molecule has 7 heteroatoms. The van der Waals surface area contributed by atoms with Gasteiger partial charge in [-0.1, -0.05) is 157 Å². The molecule has 10 aromatic carbocycles. The lowest BCUT2D eigenvalue weighted by Crippen LogP contribution is -2.59. The summed E-state index contributed by atoms with van der Waals surface area (Å²) < 4.78 is 17.5. The van der Waals surface area contributed by atoms with E-state index in [0.29, 0.717) is 0 Å². The van der Waals surface area contributed by atoms with Crippen molar-refractivity contribution >= 4 is 165 Å². The molecule has 77 heavy (non-hydrogen) atoms. The Labute approximate surface area is 447 Å². The number of anilines is 3. The van der Waals surface area contributed by atoms with Crippen LogP contribution in [0.15, 0.2) is 192 Å². The van der Waals surface area contributed by atoms with Crippen molar-refractivity contribution in [1.82, 2.24) is 13.5 Å². The summed E-state index contributed by atoms with van der Waals surface area (Å²) in [6, 6.07) is 71.6. The monoisotopic (exact) mass is 1000 g/mol. The minimum Gasteiger partial charge on any atom is -0.454 e. The molecule has 8 heterocycles. The summed E-state index contributed by atoms with van der Waals surface area (Å²) in [7, 11) is 0. The normalized spacial score (nSPS) is 13.8. The van der Waals surface area contributed by atoms with Crippen molar-refractivity contribution in [2.45, 2.75) is 52.4 Å². The number of benzene rings is 10. The predicted octanol–water partition coefficient (Wildman–Crippen LogP) is 17.4. The van der Waals surface area contributed by atoms with E-state index in [4.69, 9.17) is 4.42 Å². The Balaban J connectivity index is 1.07. The van der Waals surface area contributed by atoms with E-state index >= 15 is 0 Å². The van der Waals surface area contributed by atoms with Gasteiger partial charge >= 0.3 is 0 Å². The summed E-state index contributed by atoms with van der Waals surface area (Å²) in [5.74, 6) is 0. The van der Waals surface area contributed by atoms with Crippen LogP contribution in [0.3, 0.4) is 0 Å². The highest BCUT2D eigenvalue weighted by Crippen LogP contribution is 2.52. The summed E-state index contributed by atoms with van der Waals surface area (Å²) in [4.78, 5) is 2.65. The molecule has 2 aliphatic rings. The van der Waals surface area contributed by atoms with Crippen LogP contribution in [0.1, 0.15) is 52.7 Å². The molecule has 5 nitrogen and oxygen atoms in total. The number of rotatable bonds is 2. The van der Waals surface area contributed by atoms with Crippen LogP contribution in [0.2, 0.25) is 0 Å². The van der Waals surface area contributed by atoms with Crippen LogP contribution in [0.5, 0.6) is 0 Å². The highest BCUT2D eigenvalue weighted by molar-refractivity contribution is 7.33. The number of hydrogen-bond donors (Lipinski definition) is 0. The van der Waals surface area contributed by atoms with Crippen molar-refractivity contribution in [3.63, 3.8) is 0 Å². The SMILES string of the molecule is CC(C)(C)c1ccc(N2c3cc(-n4c5ccccc5c5ccc6c7ccccc7oc6c54)cc4c3B(c3sc5ccc(C(C)(C)C)cc5c32)c2cccc3c5cc6c7ccccc7n7c8ccccc8c(c5n-4c23)c67)cc1. The van der Waals surface area contributed by atoms with Crippen LogP contribution in [0.25, 0.3) is 125 Å². The van der Waals surface area contributed by atoms with Crippen LogP contribution in [0, 0.1) is 0 Å². The Kier molecular flexibility index (Phi) is 7.81. The largest absolute Gasteiger partial charge is 0.454 e. The molecule has 0 aliphatic carbocycles. The van der Waals surface area contributed by atoms with E-state index in [1.54, 1.807) is 0 Å². The number of thiophene rings is 1. The molecule has 2 aliphatic heterocycles. The fourth-order valence-electron chi connectivity index (χ4n) is 14.4. The zero-order valence-electron chi connectivity index (χ0n) is 43.6. The summed E-state index contributed by atoms with van der Waals surface area (Å²) in [5.41, 5.74) is 21.5. The fraction of sp³-hybridized carbons (Fsp3) is 0.114. The lowest BCUT2D eigenvalue weighted by atomic mass is 9.36. The van der Waals surface area contributed by atoms with Crippen molar-refractivity contribution in [2.75, 3.05) is 4.90 Å². The van der Waals surface area contributed by atoms with Gasteiger partial charge in [0.25, 0.3) is 6.71 Å². The topological polar surface area (TPSA) is 30.7 Å². The number of hydrogen-bond acceptors (Lipinski definition) is 3. The molecule has 0 amide bonds. The third kappa shape index (κ3) is 5.26. The number of furan rings is 1. The molecule has 0 saturated heterocycles. The first-order chi connectivity index (χ1) is 37.5. The minimum absolute atomic E-state index is 0.00725. The molecule has 16 aromatic rings. The van der Waals surface area contributed by atoms with Gasteiger partial charge in [0.15, 0.2) is 5.58 Å². The third-order valence-electron chi connectivity index (χ3n) is 17.8. The quantitative estimate of drug-likeness (QED) is 0.162. The second kappa shape index (κ2) is 14.2. The lowest BCUT2D eigenvalue weighted by molar-refractivity contribution is 0.590. The first kappa shape index (κ1) is 42.4. The Morgan fingerprint density at radius 2 is 1.05 bits per heavy atom. The Morgan fingerprint density at radius 1 is 0.429 bits per heavy atom. The second-order valence-corrected chi connectivity index (χ2v) is 25.1. The number of para-hydroxylation sites is 5. The van der Waals surface area contributed by atoms with Crippen molar-refractivity contribution in [3.05, 3.63) is 199 Å². The molecular formula is C70H49BN4OS. The Bertz CT molecular complexity index is 5320. The number of nitrogens with zero attached hydrogens (tertiary/aromatic N) is 4. The number of fused-ring (bicyclic) bond motifs is 23. The van der Waals surface area contributed by atoms with Gasteiger partial charge in [0.2, 0.25) is 0 Å². The lowest BCUT2D eigenvalue weighted by Gasteiger charge is -2.39. The van der Waals surface area contributed by atoms with E-state index in [-0.39, 0.29) is 17.5 Å². The van der Waals surface area contributed by atoms with Crippen LogP contribution in [-0.4, -0.2) is 20.2 Å². The summed E-state index contributed by atoms with van der Waals surface area (Å²) in [5, 5.41) is 13.6. The van der Waals surface area contributed by atoms with E-state index in [2.05, 4.69) is 248 Å². The van der Waals surface area contributed by atoms with Crippen molar-refractivity contribution in [3.8, 4) is 11.4 Å². The minimum atomic E-state index is -0.0403. The first-order valence-electron chi connectivity index (χ1n) is 27.1. The molecule has 6 aromatic heterocycles. The predicted molar refractivity (Wildman–Crippen MR) is 329 cm³/mol. The summed E-state index contributed by atoms with van der Waals surface area (Å²) in [6.45, 7) is 13.9. The van der Waals surface area contributed by atoms with Crippen LogP contribution in [0.4, 0.5) is 17.1 Å². The van der Waals surface area contributed by atoms with Gasteiger partial charge in [0.05, 0.1) is 44.5 Å². The first-order valence-corrected chi connectivity index (χ1v) is 27.9. The average molecular weight is 1010 g/mol. The molecule has 18 rings (SSSR count). The highest BCUT2D eigenvalue weighted by atomic mass is 32.1. The molecule has 0 spiro atoms. The van der Waals surface area contributed by atoms with E-state index in [1.165, 1.54) is 125 Å². The maximum atomic E-state index is 7.04. The molecule has 0 fully saturated rings. The summed E-state index contributed by atoms with van der Waals surface area (Å²) >= 11 is 1.98. The van der Waals surface area contributed by atoms with Crippen molar-refractivity contribution in [1.29, 1.82) is 0 Å². The van der Waals surface area contributed by atoms with E-state index in [1.807, 2.05) is 11.3 Å².